The molecule has 0 atom stereocenters. The Morgan fingerprint density at radius 3 is 2.27 bits per heavy atom. The van der Waals surface area contributed by atoms with Gasteiger partial charge in [-0.25, -0.2) is 0 Å². The average Bonchev–Trinajstić information content (AvgIpc) is 2.59. The highest BCUT2D eigenvalue weighted by molar-refractivity contribution is 5.55. The second kappa shape index (κ2) is 9.70. The van der Waals surface area contributed by atoms with Gasteiger partial charge in [0, 0.05) is 44.1 Å². The van der Waals surface area contributed by atoms with Crippen LogP contribution in [0.2, 0.25) is 0 Å². The molecular formula is C18H32N4. The van der Waals surface area contributed by atoms with Gasteiger partial charge in [0.05, 0.1) is 0 Å². The molecule has 1 aliphatic heterocycles. The van der Waals surface area contributed by atoms with Gasteiger partial charge in [0.1, 0.15) is 0 Å². The quantitative estimate of drug-likeness (QED) is 0.689. The molecule has 0 amide bonds. The van der Waals surface area contributed by atoms with E-state index in [9.17, 15) is 0 Å². The molecule has 2 rings (SSSR count). The molecule has 4 heteroatoms. The molecule has 1 aliphatic rings. The largest absolute Gasteiger partial charge is 0.385 e. The summed E-state index contributed by atoms with van der Waals surface area (Å²) in [5.41, 5.74) is 8.09. The van der Waals surface area contributed by atoms with Crippen LogP contribution in [-0.4, -0.2) is 50.7 Å². The zero-order valence-electron chi connectivity index (χ0n) is 14.1. The fraction of sp³-hybridized carbons (Fsp3) is 0.667. The molecule has 0 unspecified atom stereocenters. The highest BCUT2D eigenvalue weighted by atomic mass is 15.3. The summed E-state index contributed by atoms with van der Waals surface area (Å²) in [5, 5.41) is 3.51. The van der Waals surface area contributed by atoms with E-state index in [2.05, 4.69) is 46.3 Å². The van der Waals surface area contributed by atoms with Gasteiger partial charge in [-0.05, 0) is 50.2 Å². The number of benzene rings is 1. The van der Waals surface area contributed by atoms with Gasteiger partial charge in [0.2, 0.25) is 0 Å². The zero-order chi connectivity index (χ0) is 15.6. The van der Waals surface area contributed by atoms with Crippen LogP contribution < -0.4 is 16.0 Å². The molecule has 1 aromatic rings. The van der Waals surface area contributed by atoms with Crippen molar-refractivity contribution in [3.05, 3.63) is 24.3 Å². The van der Waals surface area contributed by atoms with Crippen molar-refractivity contribution in [2.75, 3.05) is 56.0 Å². The lowest BCUT2D eigenvalue weighted by atomic mass is 10.2. The van der Waals surface area contributed by atoms with Crippen molar-refractivity contribution >= 4 is 11.4 Å². The molecule has 0 spiro atoms. The number of nitrogens with two attached hydrogens (primary N) is 1. The average molecular weight is 304 g/mol. The maximum absolute atomic E-state index is 5.50. The summed E-state index contributed by atoms with van der Waals surface area (Å²) in [7, 11) is 0. The Hall–Kier alpha value is -1.26. The van der Waals surface area contributed by atoms with Gasteiger partial charge in [-0.3, -0.25) is 0 Å². The van der Waals surface area contributed by atoms with E-state index in [-0.39, 0.29) is 0 Å². The van der Waals surface area contributed by atoms with Crippen LogP contribution in [0.3, 0.4) is 0 Å². The molecule has 1 heterocycles. The van der Waals surface area contributed by atoms with E-state index in [1.807, 2.05) is 0 Å². The fourth-order valence-corrected chi connectivity index (χ4v) is 2.97. The van der Waals surface area contributed by atoms with Gasteiger partial charge in [0.15, 0.2) is 0 Å². The number of piperazine rings is 1. The fourth-order valence-electron chi connectivity index (χ4n) is 2.97. The van der Waals surface area contributed by atoms with E-state index in [1.54, 1.807) is 0 Å². The first-order chi connectivity index (χ1) is 10.8. The van der Waals surface area contributed by atoms with Gasteiger partial charge in [-0.2, -0.15) is 0 Å². The molecular weight excluding hydrogens is 272 g/mol. The lowest BCUT2D eigenvalue weighted by Gasteiger charge is -2.35. The van der Waals surface area contributed by atoms with Crippen LogP contribution >= 0.6 is 0 Å². The third kappa shape index (κ3) is 5.50. The predicted octanol–water partition coefficient (Wildman–Crippen LogP) is 2.76. The van der Waals surface area contributed by atoms with Crippen LogP contribution in [0.1, 0.15) is 32.6 Å². The number of nitrogens with one attached hydrogen (secondary N) is 1. The van der Waals surface area contributed by atoms with Crippen LogP contribution in [0.25, 0.3) is 0 Å². The third-order valence-corrected chi connectivity index (χ3v) is 4.51. The van der Waals surface area contributed by atoms with Gasteiger partial charge in [-0.1, -0.05) is 19.8 Å². The second-order valence-corrected chi connectivity index (χ2v) is 6.10. The maximum Gasteiger partial charge on any atom is 0.0368 e. The minimum Gasteiger partial charge on any atom is -0.385 e. The number of unbranched alkanes of at least 4 members (excludes halogenated alkanes) is 3. The molecule has 0 aliphatic carbocycles. The lowest BCUT2D eigenvalue weighted by molar-refractivity contribution is 0.271. The van der Waals surface area contributed by atoms with E-state index in [4.69, 9.17) is 5.73 Å². The minimum absolute atomic E-state index is 0.821. The van der Waals surface area contributed by atoms with Crippen molar-refractivity contribution in [3.63, 3.8) is 0 Å². The smallest absolute Gasteiger partial charge is 0.0368 e. The third-order valence-electron chi connectivity index (χ3n) is 4.51. The first-order valence-corrected chi connectivity index (χ1v) is 8.85. The zero-order valence-corrected chi connectivity index (χ0v) is 14.1. The van der Waals surface area contributed by atoms with Gasteiger partial charge in [-0.15, -0.1) is 0 Å². The van der Waals surface area contributed by atoms with Crippen molar-refractivity contribution in [1.29, 1.82) is 0 Å². The first kappa shape index (κ1) is 17.1. The second-order valence-electron chi connectivity index (χ2n) is 6.10. The molecule has 1 fully saturated rings. The van der Waals surface area contributed by atoms with E-state index in [0.29, 0.717) is 0 Å². The van der Waals surface area contributed by atoms with E-state index >= 15 is 0 Å². The molecule has 3 N–H and O–H groups in total. The van der Waals surface area contributed by atoms with Crippen molar-refractivity contribution in [2.45, 2.75) is 32.6 Å². The van der Waals surface area contributed by atoms with Crippen LogP contribution in [0.5, 0.6) is 0 Å². The number of hydrogen-bond donors (Lipinski definition) is 2. The molecule has 4 nitrogen and oxygen atoms in total. The van der Waals surface area contributed by atoms with Crippen molar-refractivity contribution in [3.8, 4) is 0 Å². The molecule has 1 saturated heterocycles. The van der Waals surface area contributed by atoms with E-state index in [0.717, 1.165) is 32.6 Å². The number of nitrogens with zero attached hydrogens (tertiary/aromatic N) is 2. The van der Waals surface area contributed by atoms with Crippen molar-refractivity contribution < 1.29 is 0 Å². The molecule has 1 aromatic carbocycles. The Kier molecular flexibility index (Phi) is 7.54. The summed E-state index contributed by atoms with van der Waals surface area (Å²) in [6.07, 6.45) is 4.89. The predicted molar refractivity (Wildman–Crippen MR) is 96.8 cm³/mol. The Morgan fingerprint density at radius 2 is 1.64 bits per heavy atom. The van der Waals surface area contributed by atoms with Gasteiger partial charge < -0.3 is 20.9 Å². The molecule has 0 radical (unpaired) electrons. The van der Waals surface area contributed by atoms with Crippen LogP contribution in [0.15, 0.2) is 24.3 Å². The van der Waals surface area contributed by atoms with Gasteiger partial charge >= 0.3 is 0 Å². The molecule has 0 saturated carbocycles. The molecule has 124 valence electrons. The summed E-state index contributed by atoms with van der Waals surface area (Å²) in [5.74, 6) is 0. The van der Waals surface area contributed by atoms with Crippen LogP contribution in [0, 0.1) is 0 Å². The minimum atomic E-state index is 0.821. The highest BCUT2D eigenvalue weighted by Gasteiger charge is 2.15. The van der Waals surface area contributed by atoms with Crippen molar-refractivity contribution in [2.24, 2.45) is 5.73 Å². The summed E-state index contributed by atoms with van der Waals surface area (Å²) >= 11 is 0. The molecule has 0 bridgehead atoms. The summed E-state index contributed by atoms with van der Waals surface area (Å²) in [4.78, 5) is 5.00. The number of anilines is 2. The normalized spacial score (nSPS) is 16.0. The van der Waals surface area contributed by atoms with Crippen LogP contribution in [-0.2, 0) is 0 Å². The summed E-state index contributed by atoms with van der Waals surface area (Å²) in [6.45, 7) is 9.93. The highest BCUT2D eigenvalue weighted by Crippen LogP contribution is 2.19. The Bertz CT molecular complexity index is 396. The van der Waals surface area contributed by atoms with Crippen molar-refractivity contribution in [1.82, 2.24) is 4.90 Å². The monoisotopic (exact) mass is 304 g/mol. The van der Waals surface area contributed by atoms with E-state index < -0.39 is 0 Å². The lowest BCUT2D eigenvalue weighted by Crippen LogP contribution is -2.46. The Balaban J connectivity index is 1.69. The number of likely N-dealkylation sites (N-methyl/N-ethyl adjacent to an activating group) is 1. The molecule has 0 aromatic heterocycles. The Labute approximate surface area is 135 Å². The number of hydrogen-bond acceptors (Lipinski definition) is 4. The maximum atomic E-state index is 5.50. The SMILES string of the molecule is CCN1CCN(c2ccc(NCCCCCCN)cc2)CC1. The summed E-state index contributed by atoms with van der Waals surface area (Å²) < 4.78 is 0. The van der Waals surface area contributed by atoms with E-state index in [1.165, 1.54) is 50.3 Å². The van der Waals surface area contributed by atoms with Crippen LogP contribution in [0.4, 0.5) is 11.4 Å². The first-order valence-electron chi connectivity index (χ1n) is 8.85. The van der Waals surface area contributed by atoms with Gasteiger partial charge in [0.25, 0.3) is 0 Å². The summed E-state index contributed by atoms with van der Waals surface area (Å²) in [6, 6.07) is 8.92. The Morgan fingerprint density at radius 1 is 0.955 bits per heavy atom. The molecule has 22 heavy (non-hydrogen) atoms. The topological polar surface area (TPSA) is 44.5 Å². The standard InChI is InChI=1S/C18H32N4/c1-2-21-13-15-22(16-14-21)18-9-7-17(8-10-18)20-12-6-4-3-5-11-19/h7-10,20H,2-6,11-16,19H2,1H3. The number of rotatable bonds is 9.